The Bertz CT molecular complexity index is 865. The predicted octanol–water partition coefficient (Wildman–Crippen LogP) is 4.49. The number of nitrogens with zero attached hydrogens (tertiary/aromatic N) is 3. The molecule has 1 aromatic heterocycles. The van der Waals surface area contributed by atoms with Crippen molar-refractivity contribution in [1.29, 1.82) is 0 Å². The van der Waals surface area contributed by atoms with Gasteiger partial charge in [-0.05, 0) is 45.7 Å². The lowest BCUT2D eigenvalue weighted by atomic mass is 10.0. The topological polar surface area (TPSA) is 56.6 Å². The highest BCUT2D eigenvalue weighted by Crippen LogP contribution is 2.39. The quantitative estimate of drug-likeness (QED) is 0.710. The summed E-state index contributed by atoms with van der Waals surface area (Å²) in [6, 6.07) is 5.75. The second kappa shape index (κ2) is 8.43. The summed E-state index contributed by atoms with van der Waals surface area (Å²) >= 11 is 6.26. The number of halogens is 1. The van der Waals surface area contributed by atoms with Gasteiger partial charge in [-0.25, -0.2) is 0 Å². The van der Waals surface area contributed by atoms with Crippen LogP contribution in [0.15, 0.2) is 18.2 Å². The van der Waals surface area contributed by atoms with Crippen LogP contribution in [0.4, 0.5) is 0 Å². The summed E-state index contributed by atoms with van der Waals surface area (Å²) < 4.78 is 12.7. The molecule has 3 rings (SSSR count). The summed E-state index contributed by atoms with van der Waals surface area (Å²) in [7, 11) is 3.28. The van der Waals surface area contributed by atoms with Crippen molar-refractivity contribution in [1.82, 2.24) is 14.7 Å². The van der Waals surface area contributed by atoms with Crippen LogP contribution < -0.4 is 9.47 Å². The minimum atomic E-state index is -0.0577. The Labute approximate surface area is 171 Å². The Morgan fingerprint density at radius 1 is 1.32 bits per heavy atom. The standard InChI is InChI=1S/C21H28ClN3O3/c1-13(25-15(3)21(22)14(2)23-25)11-20(26)24-10-6-7-18(24)17-9-8-16(27-4)12-19(17)28-5/h8-9,12-13,18H,6-7,10-11H2,1-5H3/t13-,18-/m1/s1. The monoisotopic (exact) mass is 405 g/mol. The first-order chi connectivity index (χ1) is 13.4. The molecule has 0 bridgehead atoms. The van der Waals surface area contributed by atoms with E-state index < -0.39 is 0 Å². The molecule has 152 valence electrons. The zero-order valence-electron chi connectivity index (χ0n) is 17.2. The Hall–Kier alpha value is -2.21. The van der Waals surface area contributed by atoms with E-state index in [9.17, 15) is 4.79 Å². The fraction of sp³-hybridized carbons (Fsp3) is 0.524. The Kier molecular flexibility index (Phi) is 6.18. The molecule has 0 radical (unpaired) electrons. The van der Waals surface area contributed by atoms with E-state index in [1.54, 1.807) is 14.2 Å². The molecule has 0 spiro atoms. The molecule has 1 saturated heterocycles. The zero-order valence-corrected chi connectivity index (χ0v) is 17.9. The first kappa shape index (κ1) is 20.5. The van der Waals surface area contributed by atoms with Gasteiger partial charge in [-0.3, -0.25) is 9.48 Å². The van der Waals surface area contributed by atoms with E-state index in [4.69, 9.17) is 21.1 Å². The highest BCUT2D eigenvalue weighted by Gasteiger charge is 2.33. The van der Waals surface area contributed by atoms with Crippen molar-refractivity contribution < 1.29 is 14.3 Å². The lowest BCUT2D eigenvalue weighted by Gasteiger charge is -2.28. The summed E-state index contributed by atoms with van der Waals surface area (Å²) in [5, 5.41) is 5.16. The lowest BCUT2D eigenvalue weighted by molar-refractivity contribution is -0.133. The van der Waals surface area contributed by atoms with E-state index in [2.05, 4.69) is 5.10 Å². The molecule has 0 saturated carbocycles. The van der Waals surface area contributed by atoms with E-state index in [1.165, 1.54) is 0 Å². The van der Waals surface area contributed by atoms with Gasteiger partial charge in [0, 0.05) is 24.6 Å². The summed E-state index contributed by atoms with van der Waals surface area (Å²) in [4.78, 5) is 15.1. The van der Waals surface area contributed by atoms with Gasteiger partial charge in [0.1, 0.15) is 11.5 Å². The third kappa shape index (κ3) is 3.83. The summed E-state index contributed by atoms with van der Waals surface area (Å²) in [5.41, 5.74) is 2.71. The fourth-order valence-corrected chi connectivity index (χ4v) is 4.14. The number of benzene rings is 1. The highest BCUT2D eigenvalue weighted by atomic mass is 35.5. The van der Waals surface area contributed by atoms with E-state index in [0.29, 0.717) is 11.4 Å². The molecule has 1 aliphatic rings. The van der Waals surface area contributed by atoms with Crippen LogP contribution in [-0.2, 0) is 4.79 Å². The number of aryl methyl sites for hydroxylation is 1. The number of methoxy groups -OCH3 is 2. The molecule has 7 heteroatoms. The fourth-order valence-electron chi connectivity index (χ4n) is 4.01. The summed E-state index contributed by atoms with van der Waals surface area (Å²) in [6.07, 6.45) is 2.29. The van der Waals surface area contributed by atoms with Crippen LogP contribution >= 0.6 is 11.6 Å². The molecule has 0 N–H and O–H groups in total. The van der Waals surface area contributed by atoms with Gasteiger partial charge in [-0.2, -0.15) is 5.10 Å². The number of carbonyl (C=O) groups excluding carboxylic acids is 1. The van der Waals surface area contributed by atoms with Crippen LogP contribution in [0.3, 0.4) is 0 Å². The molecular formula is C21H28ClN3O3. The van der Waals surface area contributed by atoms with E-state index in [1.807, 2.05) is 48.6 Å². The third-order valence-corrected chi connectivity index (χ3v) is 6.04. The normalized spacial score (nSPS) is 17.6. The molecule has 1 fully saturated rings. The van der Waals surface area contributed by atoms with E-state index >= 15 is 0 Å². The predicted molar refractivity (Wildman–Crippen MR) is 109 cm³/mol. The Morgan fingerprint density at radius 3 is 2.68 bits per heavy atom. The second-order valence-electron chi connectivity index (χ2n) is 7.34. The van der Waals surface area contributed by atoms with Gasteiger partial charge >= 0.3 is 0 Å². The number of hydrogen-bond donors (Lipinski definition) is 0. The number of rotatable bonds is 6. The van der Waals surface area contributed by atoms with Crippen molar-refractivity contribution in [2.24, 2.45) is 0 Å². The number of likely N-dealkylation sites (tertiary alicyclic amines) is 1. The molecule has 0 aliphatic carbocycles. The smallest absolute Gasteiger partial charge is 0.225 e. The Morgan fingerprint density at radius 2 is 2.07 bits per heavy atom. The number of hydrogen-bond acceptors (Lipinski definition) is 4. The largest absolute Gasteiger partial charge is 0.497 e. The van der Waals surface area contributed by atoms with Gasteiger partial charge in [0.05, 0.1) is 42.7 Å². The number of amides is 1. The number of carbonyl (C=O) groups is 1. The molecule has 0 unspecified atom stereocenters. The Balaban J connectivity index is 1.79. The minimum absolute atomic E-state index is 0.0181. The van der Waals surface area contributed by atoms with Crippen molar-refractivity contribution in [2.45, 2.75) is 52.1 Å². The molecule has 1 aliphatic heterocycles. The molecule has 1 aromatic carbocycles. The van der Waals surface area contributed by atoms with Crippen molar-refractivity contribution in [3.63, 3.8) is 0 Å². The van der Waals surface area contributed by atoms with Crippen LogP contribution in [0.2, 0.25) is 5.02 Å². The molecule has 28 heavy (non-hydrogen) atoms. The van der Waals surface area contributed by atoms with Crippen molar-refractivity contribution >= 4 is 17.5 Å². The summed E-state index contributed by atoms with van der Waals surface area (Å²) in [6.45, 7) is 6.58. The third-order valence-electron chi connectivity index (χ3n) is 5.50. The highest BCUT2D eigenvalue weighted by molar-refractivity contribution is 6.31. The molecule has 1 amide bonds. The molecule has 2 heterocycles. The zero-order chi connectivity index (χ0) is 20.4. The van der Waals surface area contributed by atoms with Crippen molar-refractivity contribution in [3.8, 4) is 11.5 Å². The second-order valence-corrected chi connectivity index (χ2v) is 7.71. The maximum atomic E-state index is 13.1. The van der Waals surface area contributed by atoms with Gasteiger partial charge in [0.15, 0.2) is 0 Å². The maximum Gasteiger partial charge on any atom is 0.225 e. The number of ether oxygens (including phenoxy) is 2. The van der Waals surface area contributed by atoms with Crippen LogP contribution in [-0.4, -0.2) is 41.4 Å². The van der Waals surface area contributed by atoms with Crippen LogP contribution in [0, 0.1) is 13.8 Å². The lowest BCUT2D eigenvalue weighted by Crippen LogP contribution is -2.32. The molecule has 6 nitrogen and oxygen atoms in total. The molecular weight excluding hydrogens is 378 g/mol. The van der Waals surface area contributed by atoms with Crippen molar-refractivity contribution in [2.75, 3.05) is 20.8 Å². The van der Waals surface area contributed by atoms with Crippen LogP contribution in [0.1, 0.15) is 55.2 Å². The average Bonchev–Trinajstić information content (AvgIpc) is 3.28. The van der Waals surface area contributed by atoms with Crippen LogP contribution in [0.25, 0.3) is 0 Å². The first-order valence-corrected chi connectivity index (χ1v) is 9.97. The van der Waals surface area contributed by atoms with Gasteiger partial charge < -0.3 is 14.4 Å². The maximum absolute atomic E-state index is 13.1. The number of aromatic nitrogens is 2. The minimum Gasteiger partial charge on any atom is -0.497 e. The van der Waals surface area contributed by atoms with Gasteiger partial charge in [-0.1, -0.05) is 11.6 Å². The van der Waals surface area contributed by atoms with Gasteiger partial charge in [-0.15, -0.1) is 0 Å². The summed E-state index contributed by atoms with van der Waals surface area (Å²) in [5.74, 6) is 1.62. The van der Waals surface area contributed by atoms with Gasteiger partial charge in [0.2, 0.25) is 5.91 Å². The molecule has 2 atom stereocenters. The van der Waals surface area contributed by atoms with Crippen molar-refractivity contribution in [3.05, 3.63) is 40.2 Å². The van der Waals surface area contributed by atoms with Crippen LogP contribution in [0.5, 0.6) is 11.5 Å². The molecule has 2 aromatic rings. The van der Waals surface area contributed by atoms with E-state index in [-0.39, 0.29) is 18.0 Å². The van der Waals surface area contributed by atoms with E-state index in [0.717, 1.165) is 47.8 Å². The van der Waals surface area contributed by atoms with Gasteiger partial charge in [0.25, 0.3) is 0 Å². The average molecular weight is 406 g/mol. The SMILES string of the molecule is COc1ccc([C@H]2CCCN2C(=O)C[C@@H](C)n2nc(C)c(Cl)c2C)c(OC)c1. The first-order valence-electron chi connectivity index (χ1n) is 9.60.